The van der Waals surface area contributed by atoms with E-state index >= 15 is 0 Å². The molecule has 2 unspecified atom stereocenters. The maximum atomic E-state index is 12.3. The van der Waals surface area contributed by atoms with Crippen LogP contribution in [0.25, 0.3) is 0 Å². The standard InChI is InChI=1S/C14H22ClN3O/c1-3-7-18-9-11(15)8-13(18)14(19)17-12-5-4-6-16-10(12)2/h8-10,12,16H,3-7H2,1-2H3,(H,17,19). The third-order valence-corrected chi connectivity index (χ3v) is 3.85. The van der Waals surface area contributed by atoms with Crippen LogP contribution in [0.15, 0.2) is 12.3 Å². The molecule has 106 valence electrons. The minimum absolute atomic E-state index is 0.0269. The molecule has 2 heterocycles. The largest absolute Gasteiger partial charge is 0.346 e. The second kappa shape index (κ2) is 6.44. The quantitative estimate of drug-likeness (QED) is 0.891. The molecule has 0 spiro atoms. The van der Waals surface area contributed by atoms with Crippen molar-refractivity contribution in [2.75, 3.05) is 6.54 Å². The summed E-state index contributed by atoms with van der Waals surface area (Å²) >= 11 is 6.00. The number of aryl methyl sites for hydroxylation is 1. The number of hydrogen-bond donors (Lipinski definition) is 2. The van der Waals surface area contributed by atoms with Gasteiger partial charge in [0.1, 0.15) is 5.69 Å². The van der Waals surface area contributed by atoms with Crippen molar-refractivity contribution in [2.24, 2.45) is 0 Å². The molecule has 19 heavy (non-hydrogen) atoms. The molecule has 2 rings (SSSR count). The summed E-state index contributed by atoms with van der Waals surface area (Å²) in [5.74, 6) is -0.0269. The van der Waals surface area contributed by atoms with Crippen molar-refractivity contribution in [2.45, 2.75) is 51.7 Å². The van der Waals surface area contributed by atoms with Gasteiger partial charge in [-0.25, -0.2) is 0 Å². The van der Waals surface area contributed by atoms with Gasteiger partial charge in [0.25, 0.3) is 5.91 Å². The van der Waals surface area contributed by atoms with Crippen molar-refractivity contribution in [1.82, 2.24) is 15.2 Å². The van der Waals surface area contributed by atoms with Crippen LogP contribution in [-0.2, 0) is 6.54 Å². The summed E-state index contributed by atoms with van der Waals surface area (Å²) in [7, 11) is 0. The molecular formula is C14H22ClN3O. The summed E-state index contributed by atoms with van der Waals surface area (Å²) in [5.41, 5.74) is 0.657. The lowest BCUT2D eigenvalue weighted by Crippen LogP contribution is -2.52. The van der Waals surface area contributed by atoms with Crippen LogP contribution in [0.3, 0.4) is 0 Å². The number of rotatable bonds is 4. The van der Waals surface area contributed by atoms with E-state index in [9.17, 15) is 4.79 Å². The van der Waals surface area contributed by atoms with Crippen molar-refractivity contribution in [1.29, 1.82) is 0 Å². The average molecular weight is 284 g/mol. The van der Waals surface area contributed by atoms with E-state index in [-0.39, 0.29) is 11.9 Å². The number of carbonyl (C=O) groups is 1. The second-order valence-electron chi connectivity index (χ2n) is 5.20. The first-order valence-corrected chi connectivity index (χ1v) is 7.39. The number of hydrogen-bond acceptors (Lipinski definition) is 2. The first-order valence-electron chi connectivity index (χ1n) is 7.01. The molecule has 1 aromatic heterocycles. The lowest BCUT2D eigenvalue weighted by atomic mass is 10.00. The van der Waals surface area contributed by atoms with Crippen molar-refractivity contribution in [3.8, 4) is 0 Å². The zero-order valence-corrected chi connectivity index (χ0v) is 12.3. The van der Waals surface area contributed by atoms with Crippen LogP contribution in [0, 0.1) is 0 Å². The third-order valence-electron chi connectivity index (χ3n) is 3.64. The topological polar surface area (TPSA) is 46.1 Å². The number of nitrogens with zero attached hydrogens (tertiary/aromatic N) is 1. The van der Waals surface area contributed by atoms with Gasteiger partial charge in [0.2, 0.25) is 0 Å². The van der Waals surface area contributed by atoms with Gasteiger partial charge in [-0.1, -0.05) is 18.5 Å². The minimum atomic E-state index is -0.0269. The monoisotopic (exact) mass is 283 g/mol. The summed E-state index contributed by atoms with van der Waals surface area (Å²) in [6.07, 6.45) is 4.93. The SMILES string of the molecule is CCCn1cc(Cl)cc1C(=O)NC1CCCNC1C. The molecule has 5 heteroatoms. The van der Waals surface area contributed by atoms with E-state index in [2.05, 4.69) is 24.5 Å². The van der Waals surface area contributed by atoms with Gasteiger partial charge in [-0.3, -0.25) is 4.79 Å². The molecular weight excluding hydrogens is 262 g/mol. The zero-order chi connectivity index (χ0) is 13.8. The molecule has 0 aliphatic carbocycles. The summed E-state index contributed by atoms with van der Waals surface area (Å²) < 4.78 is 1.93. The van der Waals surface area contributed by atoms with Crippen molar-refractivity contribution < 1.29 is 4.79 Å². The maximum Gasteiger partial charge on any atom is 0.268 e. The van der Waals surface area contributed by atoms with Crippen LogP contribution >= 0.6 is 11.6 Å². The van der Waals surface area contributed by atoms with Gasteiger partial charge in [-0.15, -0.1) is 0 Å². The average Bonchev–Trinajstić information content (AvgIpc) is 2.74. The fourth-order valence-electron chi connectivity index (χ4n) is 2.57. The molecule has 2 atom stereocenters. The Bertz CT molecular complexity index is 444. The molecule has 0 bridgehead atoms. The molecule has 1 saturated heterocycles. The van der Waals surface area contributed by atoms with Crippen LogP contribution in [0.2, 0.25) is 5.02 Å². The van der Waals surface area contributed by atoms with Gasteiger partial charge < -0.3 is 15.2 Å². The van der Waals surface area contributed by atoms with Crippen LogP contribution in [-0.4, -0.2) is 29.1 Å². The number of carbonyl (C=O) groups excluding carboxylic acids is 1. The molecule has 1 aromatic rings. The third kappa shape index (κ3) is 3.51. The van der Waals surface area contributed by atoms with Crippen molar-refractivity contribution in [3.63, 3.8) is 0 Å². The van der Waals surface area contributed by atoms with E-state index < -0.39 is 0 Å². The van der Waals surface area contributed by atoms with E-state index in [0.717, 1.165) is 32.4 Å². The lowest BCUT2D eigenvalue weighted by molar-refractivity contribution is 0.0910. The first-order chi connectivity index (χ1) is 9.11. The van der Waals surface area contributed by atoms with Crippen LogP contribution < -0.4 is 10.6 Å². The summed E-state index contributed by atoms with van der Waals surface area (Å²) in [6, 6.07) is 2.26. The molecule has 1 aliphatic heterocycles. The van der Waals surface area contributed by atoms with Crippen LogP contribution in [0.4, 0.5) is 0 Å². The van der Waals surface area contributed by atoms with Crippen molar-refractivity contribution in [3.05, 3.63) is 23.0 Å². The fourth-order valence-corrected chi connectivity index (χ4v) is 2.80. The fraction of sp³-hybridized carbons (Fsp3) is 0.643. The lowest BCUT2D eigenvalue weighted by Gasteiger charge is -2.30. The highest BCUT2D eigenvalue weighted by Gasteiger charge is 2.24. The van der Waals surface area contributed by atoms with Gasteiger partial charge >= 0.3 is 0 Å². The Labute approximate surface area is 119 Å². The second-order valence-corrected chi connectivity index (χ2v) is 5.64. The van der Waals surface area contributed by atoms with E-state index in [0.29, 0.717) is 16.8 Å². The van der Waals surface area contributed by atoms with E-state index in [1.54, 1.807) is 6.07 Å². The number of aromatic nitrogens is 1. The molecule has 0 saturated carbocycles. The number of amides is 1. The zero-order valence-electron chi connectivity index (χ0n) is 11.6. The number of halogens is 1. The highest BCUT2D eigenvalue weighted by Crippen LogP contribution is 2.16. The molecule has 0 aromatic carbocycles. The minimum Gasteiger partial charge on any atom is -0.346 e. The number of piperidine rings is 1. The van der Waals surface area contributed by atoms with E-state index in [1.807, 2.05) is 10.8 Å². The van der Waals surface area contributed by atoms with Crippen molar-refractivity contribution >= 4 is 17.5 Å². The molecule has 4 nitrogen and oxygen atoms in total. The Hall–Kier alpha value is -1.00. The van der Waals surface area contributed by atoms with Crippen LogP contribution in [0.1, 0.15) is 43.6 Å². The highest BCUT2D eigenvalue weighted by molar-refractivity contribution is 6.31. The molecule has 1 amide bonds. The summed E-state index contributed by atoms with van der Waals surface area (Å²) in [5, 5.41) is 7.12. The summed E-state index contributed by atoms with van der Waals surface area (Å²) in [6.45, 7) is 6.05. The Balaban J connectivity index is 2.06. The van der Waals surface area contributed by atoms with Gasteiger partial charge in [0.15, 0.2) is 0 Å². The Morgan fingerprint density at radius 2 is 2.42 bits per heavy atom. The first kappa shape index (κ1) is 14.4. The predicted molar refractivity (Wildman–Crippen MR) is 77.7 cm³/mol. The van der Waals surface area contributed by atoms with Crippen LogP contribution in [0.5, 0.6) is 0 Å². The summed E-state index contributed by atoms with van der Waals surface area (Å²) in [4.78, 5) is 12.3. The normalized spacial score (nSPS) is 23.3. The number of nitrogens with one attached hydrogen (secondary N) is 2. The molecule has 2 N–H and O–H groups in total. The van der Waals surface area contributed by atoms with Gasteiger partial charge in [-0.2, -0.15) is 0 Å². The molecule has 1 aliphatic rings. The van der Waals surface area contributed by atoms with E-state index in [4.69, 9.17) is 11.6 Å². The Morgan fingerprint density at radius 1 is 1.63 bits per heavy atom. The van der Waals surface area contributed by atoms with Gasteiger partial charge in [0, 0.05) is 24.8 Å². The predicted octanol–water partition coefficient (Wildman–Crippen LogP) is 2.42. The smallest absolute Gasteiger partial charge is 0.268 e. The maximum absolute atomic E-state index is 12.3. The molecule has 0 radical (unpaired) electrons. The Morgan fingerprint density at radius 3 is 3.11 bits per heavy atom. The highest BCUT2D eigenvalue weighted by atomic mass is 35.5. The van der Waals surface area contributed by atoms with Gasteiger partial charge in [0.05, 0.1) is 5.02 Å². The molecule has 1 fully saturated rings. The Kier molecular flexibility index (Phi) is 4.88. The van der Waals surface area contributed by atoms with E-state index in [1.165, 1.54) is 0 Å². The van der Waals surface area contributed by atoms with Gasteiger partial charge in [-0.05, 0) is 38.8 Å².